The Morgan fingerprint density at radius 1 is 1.50 bits per heavy atom. The highest BCUT2D eigenvalue weighted by Gasteiger charge is 2.15. The molecule has 0 aliphatic carbocycles. The topological polar surface area (TPSA) is 47.6 Å². The normalized spacial score (nSPS) is 18.2. The van der Waals surface area contributed by atoms with Gasteiger partial charge in [0.15, 0.2) is 0 Å². The summed E-state index contributed by atoms with van der Waals surface area (Å²) in [5.74, 6) is -0.0430. The first-order valence-corrected chi connectivity index (χ1v) is 7.69. The van der Waals surface area contributed by atoms with Crippen LogP contribution in [0.3, 0.4) is 0 Å². The van der Waals surface area contributed by atoms with E-state index in [2.05, 4.69) is 21.2 Å². The van der Waals surface area contributed by atoms with Gasteiger partial charge in [0.25, 0.3) is 5.91 Å². The lowest BCUT2D eigenvalue weighted by molar-refractivity contribution is 0.0415. The van der Waals surface area contributed by atoms with Crippen LogP contribution in [0.25, 0.3) is 0 Å². The fraction of sp³-hybridized carbons (Fsp3) is 0.533. The van der Waals surface area contributed by atoms with E-state index < -0.39 is 0 Å². The number of benzene rings is 1. The highest BCUT2D eigenvalue weighted by atomic mass is 79.9. The Morgan fingerprint density at radius 3 is 3.05 bits per heavy atom. The molecule has 1 N–H and O–H groups in total. The monoisotopic (exact) mass is 341 g/mol. The maximum atomic E-state index is 12.0. The Balaban J connectivity index is 1.66. The lowest BCUT2D eigenvalue weighted by atomic mass is 10.1. The van der Waals surface area contributed by atoms with E-state index in [1.165, 1.54) is 0 Å². The molecule has 1 heterocycles. The van der Waals surface area contributed by atoms with Crippen LogP contribution in [0.15, 0.2) is 22.7 Å². The van der Waals surface area contributed by atoms with Crippen LogP contribution in [0.4, 0.5) is 0 Å². The van der Waals surface area contributed by atoms with E-state index in [1.54, 1.807) is 0 Å². The fourth-order valence-corrected chi connectivity index (χ4v) is 2.75. The molecule has 1 aromatic carbocycles. The molecule has 0 spiro atoms. The van der Waals surface area contributed by atoms with Crippen molar-refractivity contribution in [1.29, 1.82) is 0 Å². The minimum Gasteiger partial charge on any atom is -0.379 e. The lowest BCUT2D eigenvalue weighted by Gasteiger charge is -2.10. The maximum Gasteiger partial charge on any atom is 0.251 e. The molecule has 0 unspecified atom stereocenters. The van der Waals surface area contributed by atoms with Gasteiger partial charge in [-0.25, -0.2) is 0 Å². The van der Waals surface area contributed by atoms with Gasteiger partial charge >= 0.3 is 0 Å². The van der Waals surface area contributed by atoms with Crippen LogP contribution in [0.5, 0.6) is 0 Å². The largest absolute Gasteiger partial charge is 0.379 e. The Bertz CT molecular complexity index is 438. The Labute approximate surface area is 128 Å². The zero-order valence-electron chi connectivity index (χ0n) is 11.7. The highest BCUT2D eigenvalue weighted by molar-refractivity contribution is 9.10. The molecule has 4 nitrogen and oxygen atoms in total. The van der Waals surface area contributed by atoms with Crippen molar-refractivity contribution in [1.82, 2.24) is 5.32 Å². The van der Waals surface area contributed by atoms with Gasteiger partial charge in [-0.1, -0.05) is 15.9 Å². The standard InChI is InChI=1S/C15H20BrNO3/c1-11-7-12(9-13(16)8-11)15(18)17-4-2-5-20-14-3-6-19-10-14/h7-9,14H,2-6,10H2,1H3,(H,17,18)/t14-/m1/s1. The second-order valence-electron chi connectivity index (χ2n) is 4.98. The summed E-state index contributed by atoms with van der Waals surface area (Å²) in [5, 5.41) is 2.91. The van der Waals surface area contributed by atoms with E-state index in [4.69, 9.17) is 9.47 Å². The van der Waals surface area contributed by atoms with E-state index in [9.17, 15) is 4.79 Å². The summed E-state index contributed by atoms with van der Waals surface area (Å²) in [6.45, 7) is 4.75. The Kier molecular flexibility index (Phi) is 6.01. The van der Waals surface area contributed by atoms with Gasteiger partial charge in [-0.05, 0) is 43.5 Å². The molecule has 1 atom stereocenters. The second-order valence-corrected chi connectivity index (χ2v) is 5.90. The molecule has 1 amide bonds. The first-order chi connectivity index (χ1) is 9.65. The van der Waals surface area contributed by atoms with Gasteiger partial charge in [-0.15, -0.1) is 0 Å². The van der Waals surface area contributed by atoms with Crippen molar-refractivity contribution in [2.75, 3.05) is 26.4 Å². The van der Waals surface area contributed by atoms with Gasteiger partial charge in [0.05, 0.1) is 12.7 Å². The van der Waals surface area contributed by atoms with Gasteiger partial charge in [-0.3, -0.25) is 4.79 Å². The van der Waals surface area contributed by atoms with E-state index in [0.717, 1.165) is 29.5 Å². The number of halogens is 1. The third-order valence-electron chi connectivity index (χ3n) is 3.15. The minimum absolute atomic E-state index is 0.0430. The average Bonchev–Trinajstić information content (AvgIpc) is 2.90. The van der Waals surface area contributed by atoms with Crippen molar-refractivity contribution in [2.24, 2.45) is 0 Å². The average molecular weight is 342 g/mol. The van der Waals surface area contributed by atoms with Gasteiger partial charge < -0.3 is 14.8 Å². The maximum absolute atomic E-state index is 12.0. The molecule has 5 heteroatoms. The summed E-state index contributed by atoms with van der Waals surface area (Å²) in [6, 6.07) is 5.69. The Morgan fingerprint density at radius 2 is 2.35 bits per heavy atom. The highest BCUT2D eigenvalue weighted by Crippen LogP contribution is 2.15. The third kappa shape index (κ3) is 4.89. The molecular weight excluding hydrogens is 322 g/mol. The van der Waals surface area contributed by atoms with E-state index in [-0.39, 0.29) is 12.0 Å². The van der Waals surface area contributed by atoms with Gasteiger partial charge in [0.2, 0.25) is 0 Å². The molecule has 0 aromatic heterocycles. The first-order valence-electron chi connectivity index (χ1n) is 6.90. The van der Waals surface area contributed by atoms with Gasteiger partial charge in [0.1, 0.15) is 0 Å². The molecule has 110 valence electrons. The van der Waals surface area contributed by atoms with Crippen LogP contribution in [-0.2, 0) is 9.47 Å². The molecule has 1 aliphatic heterocycles. The smallest absolute Gasteiger partial charge is 0.251 e. The van der Waals surface area contributed by atoms with Crippen LogP contribution < -0.4 is 5.32 Å². The van der Waals surface area contributed by atoms with Crippen LogP contribution in [-0.4, -0.2) is 38.4 Å². The number of rotatable bonds is 6. The second kappa shape index (κ2) is 7.76. The molecule has 1 fully saturated rings. The van der Waals surface area contributed by atoms with Crippen LogP contribution in [0, 0.1) is 6.92 Å². The molecule has 0 bridgehead atoms. The number of aryl methyl sites for hydroxylation is 1. The number of hydrogen-bond acceptors (Lipinski definition) is 3. The van der Waals surface area contributed by atoms with E-state index in [0.29, 0.717) is 25.3 Å². The summed E-state index contributed by atoms with van der Waals surface area (Å²) in [4.78, 5) is 12.0. The molecular formula is C15H20BrNO3. The van der Waals surface area contributed by atoms with Crippen molar-refractivity contribution < 1.29 is 14.3 Å². The number of carbonyl (C=O) groups is 1. The molecule has 20 heavy (non-hydrogen) atoms. The third-order valence-corrected chi connectivity index (χ3v) is 3.61. The van der Waals surface area contributed by atoms with Crippen LogP contribution in [0.1, 0.15) is 28.8 Å². The van der Waals surface area contributed by atoms with Crippen molar-refractivity contribution in [3.05, 3.63) is 33.8 Å². The molecule has 1 aliphatic rings. The minimum atomic E-state index is -0.0430. The number of carbonyl (C=O) groups excluding carboxylic acids is 1. The summed E-state index contributed by atoms with van der Waals surface area (Å²) in [7, 11) is 0. The molecule has 1 saturated heterocycles. The fourth-order valence-electron chi connectivity index (χ4n) is 2.14. The Hall–Kier alpha value is -0.910. The summed E-state index contributed by atoms with van der Waals surface area (Å²) in [5.41, 5.74) is 1.75. The number of ether oxygens (including phenoxy) is 2. The van der Waals surface area contributed by atoms with Crippen LogP contribution in [0.2, 0.25) is 0 Å². The number of amides is 1. The summed E-state index contributed by atoms with van der Waals surface area (Å²) >= 11 is 3.40. The predicted molar refractivity (Wildman–Crippen MR) is 81.0 cm³/mol. The van der Waals surface area contributed by atoms with E-state index >= 15 is 0 Å². The van der Waals surface area contributed by atoms with Crippen molar-refractivity contribution in [2.45, 2.75) is 25.9 Å². The molecule has 1 aromatic rings. The molecule has 0 saturated carbocycles. The van der Waals surface area contributed by atoms with E-state index in [1.807, 2.05) is 25.1 Å². The predicted octanol–water partition coefficient (Wildman–Crippen LogP) is 2.68. The van der Waals surface area contributed by atoms with Gasteiger partial charge in [-0.2, -0.15) is 0 Å². The number of hydrogen-bond donors (Lipinski definition) is 1. The van der Waals surface area contributed by atoms with Gasteiger partial charge in [0, 0.05) is 29.8 Å². The molecule has 2 rings (SSSR count). The lowest BCUT2D eigenvalue weighted by Crippen LogP contribution is -2.26. The van der Waals surface area contributed by atoms with Crippen molar-refractivity contribution in [3.8, 4) is 0 Å². The first kappa shape index (κ1) is 15.5. The van der Waals surface area contributed by atoms with Crippen molar-refractivity contribution >= 4 is 21.8 Å². The van der Waals surface area contributed by atoms with Crippen LogP contribution >= 0.6 is 15.9 Å². The summed E-state index contributed by atoms with van der Waals surface area (Å²) in [6.07, 6.45) is 2.03. The SMILES string of the molecule is Cc1cc(Br)cc(C(=O)NCCCO[C@@H]2CCOC2)c1. The zero-order chi connectivity index (χ0) is 14.4. The van der Waals surface area contributed by atoms with Crippen molar-refractivity contribution in [3.63, 3.8) is 0 Å². The summed E-state index contributed by atoms with van der Waals surface area (Å²) < 4.78 is 11.8. The molecule has 0 radical (unpaired) electrons. The zero-order valence-corrected chi connectivity index (χ0v) is 13.2. The number of nitrogens with one attached hydrogen (secondary N) is 1. The quantitative estimate of drug-likeness (QED) is 0.809.